The van der Waals surface area contributed by atoms with Gasteiger partial charge in [-0.3, -0.25) is 9.89 Å². The molecule has 0 bridgehead atoms. The molecule has 0 saturated carbocycles. The smallest absolute Gasteiger partial charge is 0.274 e. The minimum absolute atomic E-state index is 0.0195. The number of amides is 1. The zero-order valence-corrected chi connectivity index (χ0v) is 11.8. The summed E-state index contributed by atoms with van der Waals surface area (Å²) in [6.45, 7) is 3.93. The second-order valence-corrected chi connectivity index (χ2v) is 4.88. The number of carbonyl (C=O) groups is 1. The van der Waals surface area contributed by atoms with Crippen LogP contribution in [0.4, 0.5) is 5.69 Å². The van der Waals surface area contributed by atoms with Gasteiger partial charge in [0.05, 0.1) is 11.4 Å². The van der Waals surface area contributed by atoms with Gasteiger partial charge in [-0.05, 0) is 25.3 Å². The molecular weight excluding hydrogens is 252 g/mol. The summed E-state index contributed by atoms with van der Waals surface area (Å²) < 4.78 is 0. The van der Waals surface area contributed by atoms with Crippen molar-refractivity contribution < 1.29 is 4.79 Å². The molecule has 1 heterocycles. The second kappa shape index (κ2) is 6.23. The van der Waals surface area contributed by atoms with Crippen molar-refractivity contribution in [2.45, 2.75) is 32.7 Å². The summed E-state index contributed by atoms with van der Waals surface area (Å²) >= 11 is 0. The van der Waals surface area contributed by atoms with Crippen molar-refractivity contribution in [2.75, 3.05) is 5.73 Å². The number of anilines is 1. The van der Waals surface area contributed by atoms with Crippen molar-refractivity contribution in [3.05, 3.63) is 47.3 Å². The molecular formula is C15H20N4O. The molecule has 20 heavy (non-hydrogen) atoms. The third-order valence-electron chi connectivity index (χ3n) is 3.21. The van der Waals surface area contributed by atoms with E-state index in [4.69, 9.17) is 5.73 Å². The number of aromatic nitrogens is 2. The predicted molar refractivity (Wildman–Crippen MR) is 79.5 cm³/mol. The number of nitrogen functional groups attached to an aromatic ring is 1. The molecule has 1 amide bonds. The van der Waals surface area contributed by atoms with E-state index in [0.717, 1.165) is 18.5 Å². The Bertz CT molecular complexity index is 577. The first-order valence-electron chi connectivity index (χ1n) is 6.79. The lowest BCUT2D eigenvalue weighted by Gasteiger charge is -2.13. The fourth-order valence-corrected chi connectivity index (χ4v) is 2.14. The highest BCUT2D eigenvalue weighted by Crippen LogP contribution is 2.14. The third-order valence-corrected chi connectivity index (χ3v) is 3.21. The van der Waals surface area contributed by atoms with Crippen LogP contribution < -0.4 is 11.1 Å². The van der Waals surface area contributed by atoms with Crippen LogP contribution in [0.3, 0.4) is 0 Å². The van der Waals surface area contributed by atoms with Crippen LogP contribution in [0.15, 0.2) is 30.3 Å². The number of rotatable bonds is 5. The number of aromatic amines is 1. The van der Waals surface area contributed by atoms with Gasteiger partial charge in [0.2, 0.25) is 0 Å². The topological polar surface area (TPSA) is 83.8 Å². The summed E-state index contributed by atoms with van der Waals surface area (Å²) in [5.74, 6) is -0.234. The number of aryl methyl sites for hydroxylation is 1. The molecule has 1 aromatic carbocycles. The van der Waals surface area contributed by atoms with Gasteiger partial charge in [0.25, 0.3) is 5.91 Å². The minimum atomic E-state index is -0.234. The van der Waals surface area contributed by atoms with Gasteiger partial charge >= 0.3 is 0 Å². The molecule has 1 atom stereocenters. The molecule has 0 aliphatic carbocycles. The number of hydrogen-bond donors (Lipinski definition) is 3. The highest BCUT2D eigenvalue weighted by Gasteiger charge is 2.18. The summed E-state index contributed by atoms with van der Waals surface area (Å²) in [6, 6.07) is 10.1. The molecule has 4 N–H and O–H groups in total. The Labute approximate surface area is 118 Å². The van der Waals surface area contributed by atoms with E-state index in [-0.39, 0.29) is 17.6 Å². The molecule has 0 saturated heterocycles. The molecule has 0 aliphatic rings. The van der Waals surface area contributed by atoms with Gasteiger partial charge in [0.1, 0.15) is 0 Å². The zero-order chi connectivity index (χ0) is 14.5. The van der Waals surface area contributed by atoms with Crippen LogP contribution in [0.2, 0.25) is 0 Å². The van der Waals surface area contributed by atoms with Crippen molar-refractivity contribution in [1.82, 2.24) is 15.5 Å². The van der Waals surface area contributed by atoms with Crippen molar-refractivity contribution in [3.63, 3.8) is 0 Å². The fourth-order valence-electron chi connectivity index (χ4n) is 2.14. The Kier molecular flexibility index (Phi) is 4.40. The fraction of sp³-hybridized carbons (Fsp3) is 0.333. The average molecular weight is 272 g/mol. The van der Waals surface area contributed by atoms with Crippen LogP contribution in [0.25, 0.3) is 0 Å². The van der Waals surface area contributed by atoms with Crippen molar-refractivity contribution in [1.29, 1.82) is 0 Å². The quantitative estimate of drug-likeness (QED) is 0.777. The highest BCUT2D eigenvalue weighted by atomic mass is 16.2. The predicted octanol–water partition coefficient (Wildman–Crippen LogP) is 1.92. The molecule has 1 unspecified atom stereocenters. The summed E-state index contributed by atoms with van der Waals surface area (Å²) in [5.41, 5.74) is 8.59. The van der Waals surface area contributed by atoms with E-state index in [1.807, 2.05) is 44.2 Å². The molecule has 0 aliphatic heterocycles. The summed E-state index contributed by atoms with van der Waals surface area (Å²) in [4.78, 5) is 12.1. The van der Waals surface area contributed by atoms with E-state index in [1.165, 1.54) is 5.56 Å². The first kappa shape index (κ1) is 14.1. The van der Waals surface area contributed by atoms with Crippen LogP contribution in [-0.4, -0.2) is 22.1 Å². The van der Waals surface area contributed by atoms with Crippen LogP contribution in [0, 0.1) is 0 Å². The molecule has 5 heteroatoms. The van der Waals surface area contributed by atoms with E-state index in [1.54, 1.807) is 0 Å². The number of hydrogen-bond acceptors (Lipinski definition) is 3. The maximum Gasteiger partial charge on any atom is 0.274 e. The molecule has 1 aromatic heterocycles. The normalized spacial score (nSPS) is 12.1. The van der Waals surface area contributed by atoms with E-state index < -0.39 is 0 Å². The molecule has 0 radical (unpaired) electrons. The van der Waals surface area contributed by atoms with Crippen LogP contribution >= 0.6 is 0 Å². The summed E-state index contributed by atoms with van der Waals surface area (Å²) in [6.07, 6.45) is 1.50. The van der Waals surface area contributed by atoms with Crippen molar-refractivity contribution >= 4 is 11.6 Å². The maximum absolute atomic E-state index is 12.1. The van der Waals surface area contributed by atoms with Crippen molar-refractivity contribution in [2.24, 2.45) is 0 Å². The van der Waals surface area contributed by atoms with Crippen molar-refractivity contribution in [3.8, 4) is 0 Å². The van der Waals surface area contributed by atoms with E-state index in [9.17, 15) is 4.79 Å². The Morgan fingerprint density at radius 2 is 2.10 bits per heavy atom. The van der Waals surface area contributed by atoms with Gasteiger partial charge in [0.15, 0.2) is 5.69 Å². The summed E-state index contributed by atoms with van der Waals surface area (Å²) in [5, 5.41) is 9.70. The molecule has 0 fully saturated rings. The zero-order valence-electron chi connectivity index (χ0n) is 11.8. The molecule has 106 valence electrons. The monoisotopic (exact) mass is 272 g/mol. The highest BCUT2D eigenvalue weighted by molar-refractivity contribution is 5.97. The third kappa shape index (κ3) is 3.17. The lowest BCUT2D eigenvalue weighted by Crippen LogP contribution is -2.34. The lowest BCUT2D eigenvalue weighted by molar-refractivity contribution is 0.0936. The number of carbonyl (C=O) groups excluding carboxylic acids is 1. The number of nitrogens with two attached hydrogens (primary N) is 1. The first-order valence-corrected chi connectivity index (χ1v) is 6.79. The van der Waals surface area contributed by atoms with Gasteiger partial charge in [-0.15, -0.1) is 0 Å². The Hall–Kier alpha value is -2.30. The number of nitrogens with one attached hydrogen (secondary N) is 2. The average Bonchev–Trinajstić information content (AvgIpc) is 2.80. The standard InChI is InChI=1S/C15H20N4O/c1-3-12-13(16)14(19-18-12)15(20)17-10(2)9-11-7-5-4-6-8-11/h4-8,10H,3,9,16H2,1-2H3,(H,17,20)(H,18,19). The van der Waals surface area contributed by atoms with E-state index in [0.29, 0.717) is 5.69 Å². The van der Waals surface area contributed by atoms with Gasteiger partial charge in [-0.2, -0.15) is 5.10 Å². The van der Waals surface area contributed by atoms with Gasteiger partial charge in [0, 0.05) is 6.04 Å². The van der Waals surface area contributed by atoms with Gasteiger partial charge in [-0.25, -0.2) is 0 Å². The minimum Gasteiger partial charge on any atom is -0.395 e. The molecule has 2 rings (SSSR count). The number of H-pyrrole nitrogens is 1. The van der Waals surface area contributed by atoms with E-state index in [2.05, 4.69) is 15.5 Å². The van der Waals surface area contributed by atoms with Crippen LogP contribution in [0.1, 0.15) is 35.6 Å². The van der Waals surface area contributed by atoms with Crippen LogP contribution in [0.5, 0.6) is 0 Å². The first-order chi connectivity index (χ1) is 9.61. The number of nitrogens with zero attached hydrogens (tertiary/aromatic N) is 1. The largest absolute Gasteiger partial charge is 0.395 e. The Balaban J connectivity index is 1.98. The molecule has 2 aromatic rings. The van der Waals surface area contributed by atoms with E-state index >= 15 is 0 Å². The van der Waals surface area contributed by atoms with Crippen LogP contribution in [-0.2, 0) is 12.8 Å². The molecule has 5 nitrogen and oxygen atoms in total. The second-order valence-electron chi connectivity index (χ2n) is 4.88. The Morgan fingerprint density at radius 1 is 1.40 bits per heavy atom. The number of benzene rings is 1. The SMILES string of the molecule is CCc1[nH]nc(C(=O)NC(C)Cc2ccccc2)c1N. The van der Waals surface area contributed by atoms with Gasteiger partial charge in [-0.1, -0.05) is 37.3 Å². The van der Waals surface area contributed by atoms with Gasteiger partial charge < -0.3 is 11.1 Å². The Morgan fingerprint density at radius 3 is 2.70 bits per heavy atom. The lowest BCUT2D eigenvalue weighted by atomic mass is 10.1. The summed E-state index contributed by atoms with van der Waals surface area (Å²) in [7, 11) is 0. The molecule has 0 spiro atoms. The maximum atomic E-state index is 12.1.